The van der Waals surface area contributed by atoms with Crippen molar-refractivity contribution in [2.24, 2.45) is 17.8 Å². The third-order valence-electron chi connectivity index (χ3n) is 6.81. The second kappa shape index (κ2) is 7.14. The number of aromatic nitrogens is 2. The van der Waals surface area contributed by atoms with E-state index < -0.39 is 0 Å². The van der Waals surface area contributed by atoms with Gasteiger partial charge in [-0.1, -0.05) is 42.8 Å². The number of benzene rings is 2. The Morgan fingerprint density at radius 2 is 1.76 bits per heavy atom. The van der Waals surface area contributed by atoms with Gasteiger partial charge in [0.25, 0.3) is 11.5 Å². The lowest BCUT2D eigenvalue weighted by Gasteiger charge is -2.28. The van der Waals surface area contributed by atoms with Crippen molar-refractivity contribution in [2.75, 3.05) is 0 Å². The Bertz CT molecular complexity index is 1120. The Hall–Kier alpha value is -2.95. The monoisotopic (exact) mass is 387 g/mol. The van der Waals surface area contributed by atoms with Crippen LogP contribution in [0.5, 0.6) is 0 Å². The van der Waals surface area contributed by atoms with Gasteiger partial charge in [-0.25, -0.2) is 0 Å². The van der Waals surface area contributed by atoms with E-state index in [0.717, 1.165) is 11.8 Å². The number of carbonyl (C=O) groups is 1. The lowest BCUT2D eigenvalue weighted by molar-refractivity contribution is 0.0910. The van der Waals surface area contributed by atoms with E-state index in [1.807, 2.05) is 42.5 Å². The Kier molecular flexibility index (Phi) is 4.46. The van der Waals surface area contributed by atoms with Gasteiger partial charge < -0.3 is 5.32 Å². The molecule has 1 aromatic heterocycles. The molecular formula is C24H25N3O2. The van der Waals surface area contributed by atoms with Gasteiger partial charge in [0.1, 0.15) is 0 Å². The number of fused-ring (bicyclic) bond motifs is 3. The standard InChI is InChI=1S/C24H25N3O2/c1-15(21-14-16-11-12-17(21)13-16)25-23(28)22-19-9-5-6-10-20(19)24(29)27(26-22)18-7-3-2-4-8-18/h2-10,15-17,21H,11-14H2,1H3,(H,25,28). The van der Waals surface area contributed by atoms with E-state index >= 15 is 0 Å². The van der Waals surface area contributed by atoms with Crippen LogP contribution in [0.4, 0.5) is 0 Å². The van der Waals surface area contributed by atoms with E-state index in [1.54, 1.807) is 12.1 Å². The smallest absolute Gasteiger partial charge is 0.279 e. The number of nitrogens with one attached hydrogen (secondary N) is 1. The summed E-state index contributed by atoms with van der Waals surface area (Å²) in [5.41, 5.74) is 0.738. The zero-order chi connectivity index (χ0) is 20.0. The minimum atomic E-state index is -0.218. The highest BCUT2D eigenvalue weighted by Gasteiger charge is 2.42. The fraction of sp³-hybridized carbons (Fsp3) is 0.375. The lowest BCUT2D eigenvalue weighted by atomic mass is 9.84. The van der Waals surface area contributed by atoms with E-state index in [2.05, 4.69) is 17.3 Å². The average molecular weight is 387 g/mol. The predicted octanol–water partition coefficient (Wildman–Crippen LogP) is 3.94. The van der Waals surface area contributed by atoms with Crippen molar-refractivity contribution in [1.82, 2.24) is 15.1 Å². The highest BCUT2D eigenvalue weighted by molar-refractivity contribution is 6.05. The minimum Gasteiger partial charge on any atom is -0.348 e. The topological polar surface area (TPSA) is 64.0 Å². The summed E-state index contributed by atoms with van der Waals surface area (Å²) in [6.45, 7) is 2.11. The molecule has 0 aliphatic heterocycles. The SMILES string of the molecule is CC(NC(=O)c1nn(-c2ccccc2)c(=O)c2ccccc12)C1CC2CCC1C2. The average Bonchev–Trinajstić information content (AvgIpc) is 3.38. The van der Waals surface area contributed by atoms with E-state index in [1.165, 1.54) is 30.4 Å². The number of carbonyl (C=O) groups excluding carboxylic acids is 1. The summed E-state index contributed by atoms with van der Waals surface area (Å²) >= 11 is 0. The van der Waals surface area contributed by atoms with Gasteiger partial charge in [-0.15, -0.1) is 0 Å². The summed E-state index contributed by atoms with van der Waals surface area (Å²) in [7, 11) is 0. The predicted molar refractivity (Wildman–Crippen MR) is 113 cm³/mol. The zero-order valence-corrected chi connectivity index (χ0v) is 16.5. The molecule has 4 atom stereocenters. The zero-order valence-electron chi connectivity index (χ0n) is 16.5. The second-order valence-electron chi connectivity index (χ2n) is 8.55. The summed E-state index contributed by atoms with van der Waals surface area (Å²) in [5.74, 6) is 1.91. The van der Waals surface area contributed by atoms with Gasteiger partial charge in [0.15, 0.2) is 5.69 Å². The van der Waals surface area contributed by atoms with Crippen LogP contribution >= 0.6 is 0 Å². The van der Waals surface area contributed by atoms with Crippen LogP contribution in [0.25, 0.3) is 16.5 Å². The molecule has 2 aliphatic rings. The molecule has 2 saturated carbocycles. The van der Waals surface area contributed by atoms with Crippen LogP contribution in [-0.4, -0.2) is 21.7 Å². The molecule has 2 aromatic carbocycles. The first-order valence-corrected chi connectivity index (χ1v) is 10.5. The molecule has 5 nitrogen and oxygen atoms in total. The molecule has 0 saturated heterocycles. The molecule has 1 heterocycles. The molecule has 148 valence electrons. The molecule has 29 heavy (non-hydrogen) atoms. The highest BCUT2D eigenvalue weighted by Crippen LogP contribution is 2.49. The van der Waals surface area contributed by atoms with Gasteiger partial charge in [-0.3, -0.25) is 9.59 Å². The summed E-state index contributed by atoms with van der Waals surface area (Å²) in [6.07, 6.45) is 5.15. The molecule has 5 heteroatoms. The van der Waals surface area contributed by atoms with Crippen molar-refractivity contribution in [3.8, 4) is 5.69 Å². The maximum absolute atomic E-state index is 13.2. The first-order chi connectivity index (χ1) is 14.1. The van der Waals surface area contributed by atoms with Gasteiger partial charge in [-0.2, -0.15) is 9.78 Å². The van der Waals surface area contributed by atoms with Crippen molar-refractivity contribution < 1.29 is 4.79 Å². The summed E-state index contributed by atoms with van der Waals surface area (Å²) in [6, 6.07) is 16.6. The Labute approximate surface area is 169 Å². The van der Waals surface area contributed by atoms with Gasteiger partial charge in [0.2, 0.25) is 0 Å². The van der Waals surface area contributed by atoms with Crippen molar-refractivity contribution in [3.05, 3.63) is 70.6 Å². The van der Waals surface area contributed by atoms with E-state index in [4.69, 9.17) is 0 Å². The largest absolute Gasteiger partial charge is 0.348 e. The number of hydrogen-bond acceptors (Lipinski definition) is 3. The van der Waals surface area contributed by atoms with Crippen LogP contribution in [0.2, 0.25) is 0 Å². The Morgan fingerprint density at radius 1 is 1.03 bits per heavy atom. The molecule has 2 aliphatic carbocycles. The maximum atomic E-state index is 13.2. The first kappa shape index (κ1) is 18.1. The molecule has 4 unspecified atom stereocenters. The van der Waals surface area contributed by atoms with E-state index in [-0.39, 0.29) is 17.5 Å². The van der Waals surface area contributed by atoms with Crippen molar-refractivity contribution in [1.29, 1.82) is 0 Å². The lowest BCUT2D eigenvalue weighted by Crippen LogP contribution is -2.41. The van der Waals surface area contributed by atoms with Gasteiger partial charge in [0.05, 0.1) is 11.1 Å². The molecule has 1 amide bonds. The Morgan fingerprint density at radius 3 is 2.45 bits per heavy atom. The van der Waals surface area contributed by atoms with E-state index in [9.17, 15) is 9.59 Å². The van der Waals surface area contributed by atoms with Crippen molar-refractivity contribution in [2.45, 2.75) is 38.6 Å². The normalized spacial score (nSPS) is 24.0. The molecule has 2 bridgehead atoms. The molecule has 0 spiro atoms. The summed E-state index contributed by atoms with van der Waals surface area (Å²) in [5, 5.41) is 8.79. The number of nitrogens with zero attached hydrogens (tertiary/aromatic N) is 2. The van der Waals surface area contributed by atoms with Gasteiger partial charge in [-0.05, 0) is 62.1 Å². The van der Waals surface area contributed by atoms with Gasteiger partial charge in [0, 0.05) is 11.4 Å². The molecule has 3 aromatic rings. The Balaban J connectivity index is 1.52. The molecule has 2 fully saturated rings. The minimum absolute atomic E-state index is 0.107. The summed E-state index contributed by atoms with van der Waals surface area (Å²) < 4.78 is 1.33. The fourth-order valence-corrected chi connectivity index (χ4v) is 5.39. The highest BCUT2D eigenvalue weighted by atomic mass is 16.2. The van der Waals surface area contributed by atoms with Gasteiger partial charge >= 0.3 is 0 Å². The third-order valence-corrected chi connectivity index (χ3v) is 6.81. The number of para-hydroxylation sites is 1. The van der Waals surface area contributed by atoms with Crippen LogP contribution in [0, 0.1) is 17.8 Å². The third kappa shape index (κ3) is 3.15. The maximum Gasteiger partial charge on any atom is 0.279 e. The van der Waals surface area contributed by atoms with Crippen LogP contribution in [0.15, 0.2) is 59.4 Å². The molecule has 5 rings (SSSR count). The molecule has 1 N–H and O–H groups in total. The number of rotatable bonds is 4. The van der Waals surface area contributed by atoms with Crippen LogP contribution in [-0.2, 0) is 0 Å². The van der Waals surface area contributed by atoms with E-state index in [0.29, 0.717) is 28.1 Å². The molecular weight excluding hydrogens is 362 g/mol. The summed E-state index contributed by atoms with van der Waals surface area (Å²) in [4.78, 5) is 26.2. The van der Waals surface area contributed by atoms with Crippen molar-refractivity contribution >= 4 is 16.7 Å². The molecule has 0 radical (unpaired) electrons. The van der Waals surface area contributed by atoms with Crippen LogP contribution in [0.3, 0.4) is 0 Å². The fourth-order valence-electron chi connectivity index (χ4n) is 5.39. The number of amides is 1. The first-order valence-electron chi connectivity index (χ1n) is 10.5. The quantitative estimate of drug-likeness (QED) is 0.737. The van der Waals surface area contributed by atoms with Crippen LogP contribution < -0.4 is 10.9 Å². The second-order valence-corrected chi connectivity index (χ2v) is 8.55. The number of hydrogen-bond donors (Lipinski definition) is 1. The van der Waals surface area contributed by atoms with Crippen LogP contribution in [0.1, 0.15) is 43.1 Å². The van der Waals surface area contributed by atoms with Crippen molar-refractivity contribution in [3.63, 3.8) is 0 Å².